The van der Waals surface area contributed by atoms with Crippen LogP contribution in [0, 0.1) is 10.1 Å². The number of rotatable bonds is 2. The lowest BCUT2D eigenvalue weighted by molar-refractivity contribution is -0.384. The van der Waals surface area contributed by atoms with Crippen molar-refractivity contribution < 1.29 is 4.92 Å². The molecule has 5 heteroatoms. The van der Waals surface area contributed by atoms with E-state index in [2.05, 4.69) is 0 Å². The second-order valence-electron chi connectivity index (χ2n) is 3.01. The summed E-state index contributed by atoms with van der Waals surface area (Å²) in [7, 11) is 0. The van der Waals surface area contributed by atoms with Crippen LogP contribution in [0.25, 0.3) is 5.69 Å². The van der Waals surface area contributed by atoms with Crippen molar-refractivity contribution in [2.24, 2.45) is 0 Å². The first-order valence-electron chi connectivity index (χ1n) is 4.25. The Labute approximate surface area is 90.9 Å². The summed E-state index contributed by atoms with van der Waals surface area (Å²) in [5.74, 6) is 0. The van der Waals surface area contributed by atoms with Gasteiger partial charge >= 0.3 is 0 Å². The Morgan fingerprint density at radius 1 is 1.20 bits per heavy atom. The molecule has 1 aromatic heterocycles. The molecule has 0 saturated heterocycles. The summed E-state index contributed by atoms with van der Waals surface area (Å²) in [6, 6.07) is 8.53. The Morgan fingerprint density at radius 3 is 2.40 bits per heavy atom. The zero-order chi connectivity index (χ0) is 10.8. The summed E-state index contributed by atoms with van der Waals surface area (Å²) in [6.07, 6.45) is 3.10. The van der Waals surface area contributed by atoms with Gasteiger partial charge in [-0.1, -0.05) is 11.6 Å². The molecule has 0 N–H and O–H groups in total. The van der Waals surface area contributed by atoms with E-state index in [-0.39, 0.29) is 5.69 Å². The van der Waals surface area contributed by atoms with E-state index < -0.39 is 4.92 Å². The molecule has 0 spiro atoms. The third-order valence-corrected chi connectivity index (χ3v) is 2.26. The van der Waals surface area contributed by atoms with Crippen LogP contribution in [0.15, 0.2) is 42.7 Å². The minimum absolute atomic E-state index is 0.0740. The average Bonchev–Trinajstić information content (AvgIpc) is 2.68. The summed E-state index contributed by atoms with van der Waals surface area (Å²) in [4.78, 5) is 10.0. The molecular weight excluding hydrogens is 216 g/mol. The Kier molecular flexibility index (Phi) is 2.43. The fourth-order valence-electron chi connectivity index (χ4n) is 1.27. The van der Waals surface area contributed by atoms with Gasteiger partial charge in [0.2, 0.25) is 0 Å². The largest absolute Gasteiger partial charge is 0.317 e. The first-order chi connectivity index (χ1) is 7.16. The van der Waals surface area contributed by atoms with Crippen molar-refractivity contribution in [3.8, 4) is 5.69 Å². The first-order valence-corrected chi connectivity index (χ1v) is 4.63. The second-order valence-corrected chi connectivity index (χ2v) is 3.45. The molecule has 0 aliphatic heterocycles. The number of nitro groups is 1. The molecule has 0 bridgehead atoms. The van der Waals surface area contributed by atoms with Gasteiger partial charge in [0.1, 0.15) is 0 Å². The third-order valence-electron chi connectivity index (χ3n) is 2.01. The lowest BCUT2D eigenvalue weighted by Gasteiger charge is -2.00. The van der Waals surface area contributed by atoms with Crippen molar-refractivity contribution in [1.82, 2.24) is 4.57 Å². The number of aromatic nitrogens is 1. The molecule has 0 amide bonds. The van der Waals surface area contributed by atoms with Crippen LogP contribution in [-0.4, -0.2) is 9.49 Å². The number of halogens is 1. The maximum atomic E-state index is 10.5. The molecule has 0 atom stereocenters. The maximum absolute atomic E-state index is 10.5. The van der Waals surface area contributed by atoms with Gasteiger partial charge in [-0.05, 0) is 24.3 Å². The van der Waals surface area contributed by atoms with Gasteiger partial charge in [-0.3, -0.25) is 10.1 Å². The van der Waals surface area contributed by atoms with Crippen LogP contribution < -0.4 is 0 Å². The number of hydrogen-bond acceptors (Lipinski definition) is 2. The van der Waals surface area contributed by atoms with Crippen LogP contribution in [0.5, 0.6) is 0 Å². The summed E-state index contributed by atoms with van der Waals surface area (Å²) in [6.45, 7) is 0. The van der Waals surface area contributed by atoms with Crippen LogP contribution in [0.3, 0.4) is 0 Å². The van der Waals surface area contributed by atoms with Gasteiger partial charge in [0.15, 0.2) is 0 Å². The monoisotopic (exact) mass is 222 g/mol. The topological polar surface area (TPSA) is 48.1 Å². The second kappa shape index (κ2) is 3.74. The smallest absolute Gasteiger partial charge is 0.287 e. The molecule has 4 nitrogen and oxygen atoms in total. The molecule has 15 heavy (non-hydrogen) atoms. The van der Waals surface area contributed by atoms with Gasteiger partial charge in [-0.2, -0.15) is 0 Å². The summed E-state index contributed by atoms with van der Waals surface area (Å²) in [5, 5.41) is 11.1. The fourth-order valence-corrected chi connectivity index (χ4v) is 1.39. The molecule has 0 fully saturated rings. The highest BCUT2D eigenvalue weighted by Crippen LogP contribution is 2.17. The predicted molar refractivity (Wildman–Crippen MR) is 57.4 cm³/mol. The van der Waals surface area contributed by atoms with Crippen molar-refractivity contribution in [3.63, 3.8) is 0 Å². The van der Waals surface area contributed by atoms with E-state index in [1.54, 1.807) is 35.0 Å². The Bertz CT molecular complexity index is 490. The molecule has 0 unspecified atom stereocenters. The van der Waals surface area contributed by atoms with E-state index in [1.165, 1.54) is 12.3 Å². The fraction of sp³-hybridized carbons (Fsp3) is 0. The van der Waals surface area contributed by atoms with Gasteiger partial charge in [-0.15, -0.1) is 0 Å². The van der Waals surface area contributed by atoms with E-state index in [0.717, 1.165) is 5.69 Å². The Balaban J connectivity index is 2.37. The van der Waals surface area contributed by atoms with E-state index in [1.807, 2.05) is 0 Å². The minimum Gasteiger partial charge on any atom is -0.317 e. The van der Waals surface area contributed by atoms with E-state index in [9.17, 15) is 10.1 Å². The molecule has 2 aromatic rings. The van der Waals surface area contributed by atoms with Gasteiger partial charge < -0.3 is 4.57 Å². The van der Waals surface area contributed by atoms with E-state index in [4.69, 9.17) is 11.6 Å². The van der Waals surface area contributed by atoms with Crippen molar-refractivity contribution in [1.29, 1.82) is 0 Å². The van der Waals surface area contributed by atoms with Crippen LogP contribution in [0.4, 0.5) is 5.69 Å². The normalized spacial score (nSPS) is 10.2. The van der Waals surface area contributed by atoms with Crippen molar-refractivity contribution >= 4 is 17.3 Å². The third kappa shape index (κ3) is 1.99. The summed E-state index contributed by atoms with van der Waals surface area (Å²) < 4.78 is 1.68. The zero-order valence-corrected chi connectivity index (χ0v) is 8.39. The van der Waals surface area contributed by atoms with Gasteiger partial charge in [0.05, 0.1) is 11.1 Å². The van der Waals surface area contributed by atoms with Crippen LogP contribution in [0.1, 0.15) is 0 Å². The molecule has 1 heterocycles. The molecule has 0 saturated carbocycles. The van der Waals surface area contributed by atoms with E-state index >= 15 is 0 Å². The number of benzene rings is 1. The standard InChI is InChI=1S/C10H7ClN2O2/c11-8-1-3-9(4-2-8)12-6-5-10(7-12)13(14)15/h1-7H. The zero-order valence-electron chi connectivity index (χ0n) is 7.63. The molecule has 0 aliphatic rings. The van der Waals surface area contributed by atoms with Crippen molar-refractivity contribution in [2.45, 2.75) is 0 Å². The van der Waals surface area contributed by atoms with Gasteiger partial charge in [0, 0.05) is 23.0 Å². The highest BCUT2D eigenvalue weighted by molar-refractivity contribution is 6.30. The van der Waals surface area contributed by atoms with Crippen LogP contribution in [-0.2, 0) is 0 Å². The lowest BCUT2D eigenvalue weighted by Crippen LogP contribution is -1.89. The molecular formula is C10H7ClN2O2. The molecule has 76 valence electrons. The number of hydrogen-bond donors (Lipinski definition) is 0. The summed E-state index contributed by atoms with van der Waals surface area (Å²) >= 11 is 5.74. The molecule has 1 aromatic carbocycles. The van der Waals surface area contributed by atoms with Crippen LogP contribution in [0.2, 0.25) is 5.02 Å². The quantitative estimate of drug-likeness (QED) is 0.579. The lowest BCUT2D eigenvalue weighted by atomic mass is 10.3. The maximum Gasteiger partial charge on any atom is 0.287 e. The van der Waals surface area contributed by atoms with Gasteiger partial charge in [-0.25, -0.2) is 0 Å². The Hall–Kier alpha value is -1.81. The van der Waals surface area contributed by atoms with Crippen molar-refractivity contribution in [2.75, 3.05) is 0 Å². The SMILES string of the molecule is O=[N+]([O-])c1ccn(-c2ccc(Cl)cc2)c1. The van der Waals surface area contributed by atoms with E-state index in [0.29, 0.717) is 5.02 Å². The minimum atomic E-state index is -0.424. The highest BCUT2D eigenvalue weighted by atomic mass is 35.5. The average molecular weight is 223 g/mol. The predicted octanol–water partition coefficient (Wildman–Crippen LogP) is 3.04. The highest BCUT2D eigenvalue weighted by Gasteiger charge is 2.07. The van der Waals surface area contributed by atoms with Gasteiger partial charge in [0.25, 0.3) is 5.69 Å². The molecule has 0 aliphatic carbocycles. The first kappa shape index (κ1) is 9.73. The summed E-state index contributed by atoms with van der Waals surface area (Å²) in [5.41, 5.74) is 0.914. The molecule has 2 rings (SSSR count). The Morgan fingerprint density at radius 2 is 1.87 bits per heavy atom. The van der Waals surface area contributed by atoms with Crippen LogP contribution >= 0.6 is 11.6 Å². The molecule has 0 radical (unpaired) electrons. The van der Waals surface area contributed by atoms with Crippen molar-refractivity contribution in [3.05, 3.63) is 57.9 Å². The number of nitrogens with zero attached hydrogens (tertiary/aromatic N) is 2.